The number of hydrogen-bond donors (Lipinski definition) is 0. The van der Waals surface area contributed by atoms with Crippen LogP contribution in [0.15, 0.2) is 36.5 Å². The molecule has 0 saturated heterocycles. The van der Waals surface area contributed by atoms with Gasteiger partial charge in [0.2, 0.25) is 0 Å². The van der Waals surface area contributed by atoms with Crippen molar-refractivity contribution in [3.8, 4) is 11.4 Å². The van der Waals surface area contributed by atoms with Crippen LogP contribution in [-0.2, 0) is 0 Å². The van der Waals surface area contributed by atoms with E-state index in [4.69, 9.17) is 11.6 Å². The summed E-state index contributed by atoms with van der Waals surface area (Å²) in [5.41, 5.74) is 1.84. The third kappa shape index (κ3) is 2.71. The van der Waals surface area contributed by atoms with E-state index in [0.717, 1.165) is 0 Å². The molecular formula is C14H9ClF3N3O. The van der Waals surface area contributed by atoms with Crippen LogP contribution in [-0.4, -0.2) is 20.9 Å². The summed E-state index contributed by atoms with van der Waals surface area (Å²) in [7, 11) is 0. The minimum absolute atomic E-state index is 0.146. The number of aryl methyl sites for hydroxylation is 1. The van der Waals surface area contributed by atoms with Gasteiger partial charge in [0.15, 0.2) is 5.65 Å². The number of fused-ring (bicyclic) bond motifs is 1. The first kappa shape index (κ1) is 14.6. The zero-order chi connectivity index (χ0) is 15.9. The number of alkyl halides is 3. The summed E-state index contributed by atoms with van der Waals surface area (Å²) >= 11 is 5.88. The van der Waals surface area contributed by atoms with Crippen molar-refractivity contribution >= 4 is 22.8 Å². The Morgan fingerprint density at radius 1 is 1.23 bits per heavy atom. The average Bonchev–Trinajstić information content (AvgIpc) is 2.75. The molecule has 3 rings (SSSR count). The molecule has 0 aliphatic carbocycles. The highest BCUT2D eigenvalue weighted by Gasteiger charge is 2.32. The summed E-state index contributed by atoms with van der Waals surface area (Å²) in [5, 5.41) is -0.146. The molecule has 114 valence electrons. The summed E-state index contributed by atoms with van der Waals surface area (Å²) in [5.74, 6) is 0.196. The van der Waals surface area contributed by atoms with Gasteiger partial charge >= 0.3 is 6.36 Å². The predicted molar refractivity (Wildman–Crippen MR) is 75.3 cm³/mol. The second-order valence-corrected chi connectivity index (χ2v) is 4.91. The van der Waals surface area contributed by atoms with Gasteiger partial charge in [-0.3, -0.25) is 4.57 Å². The SMILES string of the molecule is Cc1nc2cccnc2n1-c1ccc(OC(F)(F)F)c(Cl)c1. The van der Waals surface area contributed by atoms with E-state index in [1.165, 1.54) is 18.2 Å². The maximum Gasteiger partial charge on any atom is 0.573 e. The molecule has 2 aromatic heterocycles. The summed E-state index contributed by atoms with van der Waals surface area (Å²) in [4.78, 5) is 8.58. The number of halogens is 4. The molecule has 0 fully saturated rings. The Labute approximate surface area is 128 Å². The number of ether oxygens (including phenoxy) is 1. The molecule has 8 heteroatoms. The Bertz CT molecular complexity index is 845. The molecule has 0 unspecified atom stereocenters. The lowest BCUT2D eigenvalue weighted by molar-refractivity contribution is -0.274. The Kier molecular flexibility index (Phi) is 3.44. The van der Waals surface area contributed by atoms with Crippen molar-refractivity contribution < 1.29 is 17.9 Å². The fourth-order valence-electron chi connectivity index (χ4n) is 2.17. The number of pyridine rings is 1. The second kappa shape index (κ2) is 5.17. The minimum Gasteiger partial charge on any atom is -0.404 e. The van der Waals surface area contributed by atoms with Gasteiger partial charge in [-0.1, -0.05) is 11.6 Å². The zero-order valence-corrected chi connectivity index (χ0v) is 12.0. The maximum absolute atomic E-state index is 12.3. The van der Waals surface area contributed by atoms with E-state index in [9.17, 15) is 13.2 Å². The highest BCUT2D eigenvalue weighted by atomic mass is 35.5. The Morgan fingerprint density at radius 3 is 2.68 bits per heavy atom. The number of aromatic nitrogens is 3. The molecule has 4 nitrogen and oxygen atoms in total. The van der Waals surface area contributed by atoms with Crippen LogP contribution >= 0.6 is 11.6 Å². The van der Waals surface area contributed by atoms with Crippen LogP contribution in [0.4, 0.5) is 13.2 Å². The third-order valence-electron chi connectivity index (χ3n) is 2.98. The third-order valence-corrected chi connectivity index (χ3v) is 3.28. The van der Waals surface area contributed by atoms with Gasteiger partial charge in [-0.15, -0.1) is 13.2 Å². The molecule has 0 bridgehead atoms. The smallest absolute Gasteiger partial charge is 0.404 e. The molecule has 0 amide bonds. The summed E-state index contributed by atoms with van der Waals surface area (Å²) in [6, 6.07) is 7.57. The standard InChI is InChI=1S/C14H9ClF3N3O/c1-8-20-11-3-2-6-19-13(11)21(8)9-4-5-12(10(15)7-9)22-14(16,17)18/h2-7H,1H3. The number of rotatable bonds is 2. The van der Waals surface area contributed by atoms with Gasteiger partial charge < -0.3 is 4.74 Å². The maximum atomic E-state index is 12.3. The van der Waals surface area contributed by atoms with Crippen molar-refractivity contribution in [2.75, 3.05) is 0 Å². The molecule has 0 aliphatic heterocycles. The van der Waals surface area contributed by atoms with Crippen molar-refractivity contribution in [2.45, 2.75) is 13.3 Å². The van der Waals surface area contributed by atoms with Gasteiger partial charge in [0, 0.05) is 6.20 Å². The van der Waals surface area contributed by atoms with Crippen LogP contribution in [0.3, 0.4) is 0 Å². The van der Waals surface area contributed by atoms with E-state index in [0.29, 0.717) is 22.7 Å². The lowest BCUT2D eigenvalue weighted by atomic mass is 10.3. The number of benzene rings is 1. The Morgan fingerprint density at radius 2 is 2.00 bits per heavy atom. The van der Waals surface area contributed by atoms with Crippen LogP contribution in [0, 0.1) is 6.92 Å². The van der Waals surface area contributed by atoms with Gasteiger partial charge in [-0.05, 0) is 37.3 Å². The van der Waals surface area contributed by atoms with Crippen molar-refractivity contribution in [1.82, 2.24) is 14.5 Å². The molecule has 3 aromatic rings. The first-order chi connectivity index (χ1) is 10.3. The minimum atomic E-state index is -4.79. The molecule has 0 spiro atoms. The monoisotopic (exact) mass is 327 g/mol. The van der Waals surface area contributed by atoms with Crippen LogP contribution in [0.25, 0.3) is 16.9 Å². The molecular weight excluding hydrogens is 319 g/mol. The predicted octanol–water partition coefficient (Wildman–Crippen LogP) is 4.28. The van der Waals surface area contributed by atoms with Gasteiger partial charge in [-0.2, -0.15) is 0 Å². The fraction of sp³-hybridized carbons (Fsp3) is 0.143. The van der Waals surface area contributed by atoms with Crippen LogP contribution in [0.2, 0.25) is 5.02 Å². The molecule has 2 heterocycles. The van der Waals surface area contributed by atoms with Crippen molar-refractivity contribution in [3.05, 3.63) is 47.4 Å². The zero-order valence-electron chi connectivity index (χ0n) is 11.2. The van der Waals surface area contributed by atoms with E-state index in [-0.39, 0.29) is 5.02 Å². The van der Waals surface area contributed by atoms with E-state index in [1.807, 2.05) is 0 Å². The molecule has 0 saturated carbocycles. The normalized spacial score (nSPS) is 11.9. The van der Waals surface area contributed by atoms with Crippen LogP contribution in [0.1, 0.15) is 5.82 Å². The molecule has 0 radical (unpaired) electrons. The van der Waals surface area contributed by atoms with Crippen molar-refractivity contribution in [2.24, 2.45) is 0 Å². The van der Waals surface area contributed by atoms with Gasteiger partial charge in [0.1, 0.15) is 17.1 Å². The van der Waals surface area contributed by atoms with E-state index in [2.05, 4.69) is 14.7 Å². The first-order valence-corrected chi connectivity index (χ1v) is 6.59. The quantitative estimate of drug-likeness (QED) is 0.705. The summed E-state index contributed by atoms with van der Waals surface area (Å²) in [6.45, 7) is 1.77. The fourth-order valence-corrected chi connectivity index (χ4v) is 2.38. The lowest BCUT2D eigenvalue weighted by Crippen LogP contribution is -2.17. The largest absolute Gasteiger partial charge is 0.573 e. The topological polar surface area (TPSA) is 39.9 Å². The number of imidazole rings is 1. The van der Waals surface area contributed by atoms with Crippen molar-refractivity contribution in [1.29, 1.82) is 0 Å². The van der Waals surface area contributed by atoms with Crippen LogP contribution in [0.5, 0.6) is 5.75 Å². The molecule has 1 aromatic carbocycles. The highest BCUT2D eigenvalue weighted by molar-refractivity contribution is 6.32. The Hall–Kier alpha value is -2.28. The molecule has 0 atom stereocenters. The number of hydrogen-bond acceptors (Lipinski definition) is 3. The lowest BCUT2D eigenvalue weighted by Gasteiger charge is -2.12. The van der Waals surface area contributed by atoms with Gasteiger partial charge in [0.25, 0.3) is 0 Å². The van der Waals surface area contributed by atoms with Crippen LogP contribution < -0.4 is 4.74 Å². The molecule has 22 heavy (non-hydrogen) atoms. The highest BCUT2D eigenvalue weighted by Crippen LogP contribution is 2.32. The Balaban J connectivity index is 2.08. The average molecular weight is 328 g/mol. The first-order valence-electron chi connectivity index (χ1n) is 6.21. The van der Waals surface area contributed by atoms with Crippen molar-refractivity contribution in [3.63, 3.8) is 0 Å². The number of nitrogens with zero attached hydrogens (tertiary/aromatic N) is 3. The van der Waals surface area contributed by atoms with E-state index in [1.54, 1.807) is 29.8 Å². The molecule has 0 aliphatic rings. The van der Waals surface area contributed by atoms with Gasteiger partial charge in [0.05, 0.1) is 10.7 Å². The van der Waals surface area contributed by atoms with E-state index >= 15 is 0 Å². The van der Waals surface area contributed by atoms with Gasteiger partial charge in [-0.25, -0.2) is 9.97 Å². The summed E-state index contributed by atoms with van der Waals surface area (Å²) in [6.07, 6.45) is -3.17. The van der Waals surface area contributed by atoms with E-state index < -0.39 is 12.1 Å². The second-order valence-electron chi connectivity index (χ2n) is 4.50. The summed E-state index contributed by atoms with van der Waals surface area (Å²) < 4.78 is 42.3. The molecule has 0 N–H and O–H groups in total.